The highest BCUT2D eigenvalue weighted by molar-refractivity contribution is 14.1. The van der Waals surface area contributed by atoms with Gasteiger partial charge in [0.05, 0.1) is 17.7 Å². The van der Waals surface area contributed by atoms with Crippen molar-refractivity contribution in [2.45, 2.75) is 13.0 Å². The van der Waals surface area contributed by atoms with E-state index in [1.54, 1.807) is 27.1 Å². The lowest BCUT2D eigenvalue weighted by Crippen LogP contribution is -2.44. The molecule has 0 radical (unpaired) electrons. The number of ether oxygens (including phenoxy) is 1. The minimum absolute atomic E-state index is 0.186. The number of carbonyl (C=O) groups is 2. The fourth-order valence-electron chi connectivity index (χ4n) is 1.60. The zero-order valence-electron chi connectivity index (χ0n) is 11.7. The maximum atomic E-state index is 12.2. The summed E-state index contributed by atoms with van der Waals surface area (Å²) < 4.78 is 5.96. The number of rotatable bonds is 4. The highest BCUT2D eigenvalue weighted by Gasteiger charge is 2.21. The van der Waals surface area contributed by atoms with Gasteiger partial charge in [0.1, 0.15) is 11.8 Å². The lowest BCUT2D eigenvalue weighted by Gasteiger charge is -2.18. The molecule has 2 amide bonds. The fourth-order valence-corrected chi connectivity index (χ4v) is 2.20. The summed E-state index contributed by atoms with van der Waals surface area (Å²) in [6.45, 7) is 1.63. The van der Waals surface area contributed by atoms with Crippen molar-refractivity contribution in [3.63, 3.8) is 0 Å². The zero-order chi connectivity index (χ0) is 15.4. The molecule has 0 aliphatic carbocycles. The molecule has 110 valence electrons. The Kier molecular flexibility index (Phi) is 6.07. The highest BCUT2D eigenvalue weighted by atomic mass is 127. The van der Waals surface area contributed by atoms with Crippen LogP contribution >= 0.6 is 34.2 Å². The standard InChI is InChI=1S/C13H16ClIN2O3/c1-7(13(19)17(2)3)16-12(18)8-5-9(14)10(15)6-11(8)20-4/h5-7H,1-4H3,(H,16,18)/t7-/m1/s1. The summed E-state index contributed by atoms with van der Waals surface area (Å²) in [5.74, 6) is -0.169. The molecular formula is C13H16ClIN2O3. The molecule has 0 aliphatic rings. The molecule has 20 heavy (non-hydrogen) atoms. The summed E-state index contributed by atoms with van der Waals surface area (Å²) >= 11 is 8.07. The van der Waals surface area contributed by atoms with Crippen LogP contribution in [0, 0.1) is 3.57 Å². The van der Waals surface area contributed by atoms with Crippen molar-refractivity contribution in [3.05, 3.63) is 26.3 Å². The van der Waals surface area contributed by atoms with Gasteiger partial charge in [-0.3, -0.25) is 9.59 Å². The van der Waals surface area contributed by atoms with E-state index in [2.05, 4.69) is 27.9 Å². The van der Waals surface area contributed by atoms with Crippen molar-refractivity contribution >= 4 is 46.0 Å². The number of amides is 2. The molecular weight excluding hydrogens is 395 g/mol. The molecule has 0 saturated carbocycles. The van der Waals surface area contributed by atoms with Crippen LogP contribution in [-0.2, 0) is 4.79 Å². The normalized spacial score (nSPS) is 11.7. The second kappa shape index (κ2) is 7.12. The van der Waals surface area contributed by atoms with Gasteiger partial charge in [-0.05, 0) is 41.6 Å². The molecule has 0 saturated heterocycles. The number of methoxy groups -OCH3 is 1. The Morgan fingerprint density at radius 3 is 2.50 bits per heavy atom. The Labute approximate surface area is 136 Å². The third kappa shape index (κ3) is 3.99. The summed E-state index contributed by atoms with van der Waals surface area (Å²) in [6, 6.07) is 2.58. The molecule has 1 N–H and O–H groups in total. The van der Waals surface area contributed by atoms with Crippen LogP contribution in [0.15, 0.2) is 12.1 Å². The van der Waals surface area contributed by atoms with Gasteiger partial charge in [0.25, 0.3) is 5.91 Å². The SMILES string of the molecule is COc1cc(I)c(Cl)cc1C(=O)N[C@H](C)C(=O)N(C)C. The Balaban J connectivity index is 2.98. The highest BCUT2D eigenvalue weighted by Crippen LogP contribution is 2.28. The summed E-state index contributed by atoms with van der Waals surface area (Å²) in [7, 11) is 4.74. The van der Waals surface area contributed by atoms with E-state index in [0.29, 0.717) is 16.3 Å². The topological polar surface area (TPSA) is 58.6 Å². The van der Waals surface area contributed by atoms with E-state index in [9.17, 15) is 9.59 Å². The second-order valence-corrected chi connectivity index (χ2v) is 5.96. The van der Waals surface area contributed by atoms with Crippen molar-refractivity contribution in [3.8, 4) is 5.75 Å². The number of halogens is 2. The van der Waals surface area contributed by atoms with Gasteiger partial charge >= 0.3 is 0 Å². The minimum Gasteiger partial charge on any atom is -0.496 e. The molecule has 0 aromatic heterocycles. The second-order valence-electron chi connectivity index (χ2n) is 4.39. The summed E-state index contributed by atoms with van der Waals surface area (Å²) in [5.41, 5.74) is 0.302. The van der Waals surface area contributed by atoms with Crippen LogP contribution in [0.25, 0.3) is 0 Å². The van der Waals surface area contributed by atoms with E-state index in [1.807, 2.05) is 0 Å². The third-order valence-corrected chi connectivity index (χ3v) is 4.17. The first-order valence-corrected chi connectivity index (χ1v) is 7.28. The van der Waals surface area contributed by atoms with Crippen molar-refractivity contribution in [1.82, 2.24) is 10.2 Å². The molecule has 1 aromatic rings. The number of benzene rings is 1. The summed E-state index contributed by atoms with van der Waals surface area (Å²) in [5, 5.41) is 3.09. The number of nitrogens with one attached hydrogen (secondary N) is 1. The Morgan fingerprint density at radius 2 is 2.00 bits per heavy atom. The number of nitrogens with zero attached hydrogens (tertiary/aromatic N) is 1. The van der Waals surface area contributed by atoms with Crippen LogP contribution in [-0.4, -0.2) is 44.0 Å². The number of carbonyl (C=O) groups excluding carboxylic acids is 2. The average molecular weight is 411 g/mol. The number of likely N-dealkylation sites (N-methyl/N-ethyl adjacent to an activating group) is 1. The molecule has 5 nitrogen and oxygen atoms in total. The largest absolute Gasteiger partial charge is 0.496 e. The minimum atomic E-state index is -0.625. The predicted molar refractivity (Wildman–Crippen MR) is 86.3 cm³/mol. The van der Waals surface area contributed by atoms with Crippen LogP contribution < -0.4 is 10.1 Å². The number of hydrogen-bond acceptors (Lipinski definition) is 3. The molecule has 0 heterocycles. The van der Waals surface area contributed by atoms with Crippen molar-refractivity contribution in [1.29, 1.82) is 0 Å². The van der Waals surface area contributed by atoms with Gasteiger partial charge in [0.2, 0.25) is 5.91 Å². The first-order chi connectivity index (χ1) is 9.27. The quantitative estimate of drug-likeness (QED) is 0.774. The molecule has 0 unspecified atom stereocenters. The maximum Gasteiger partial charge on any atom is 0.255 e. The van der Waals surface area contributed by atoms with E-state index in [-0.39, 0.29) is 5.91 Å². The van der Waals surface area contributed by atoms with E-state index < -0.39 is 11.9 Å². The Bertz CT molecular complexity index is 535. The van der Waals surface area contributed by atoms with Gasteiger partial charge < -0.3 is 15.0 Å². The first-order valence-electron chi connectivity index (χ1n) is 5.83. The number of hydrogen-bond donors (Lipinski definition) is 1. The fraction of sp³-hybridized carbons (Fsp3) is 0.385. The van der Waals surface area contributed by atoms with E-state index in [1.165, 1.54) is 18.1 Å². The van der Waals surface area contributed by atoms with Crippen LogP contribution in [0.1, 0.15) is 17.3 Å². The molecule has 0 aliphatic heterocycles. The molecule has 1 aromatic carbocycles. The molecule has 0 fully saturated rings. The molecule has 1 atom stereocenters. The Hall–Kier alpha value is -1.02. The molecule has 7 heteroatoms. The van der Waals surface area contributed by atoms with Crippen LogP contribution in [0.3, 0.4) is 0 Å². The zero-order valence-corrected chi connectivity index (χ0v) is 14.6. The van der Waals surface area contributed by atoms with Gasteiger partial charge in [0.15, 0.2) is 0 Å². The lowest BCUT2D eigenvalue weighted by atomic mass is 10.1. The van der Waals surface area contributed by atoms with Gasteiger partial charge in [-0.15, -0.1) is 0 Å². The van der Waals surface area contributed by atoms with Gasteiger partial charge in [-0.1, -0.05) is 11.6 Å². The molecule has 0 bridgehead atoms. The van der Waals surface area contributed by atoms with Crippen molar-refractivity contribution in [2.75, 3.05) is 21.2 Å². The monoisotopic (exact) mass is 410 g/mol. The Morgan fingerprint density at radius 1 is 1.40 bits per heavy atom. The van der Waals surface area contributed by atoms with Gasteiger partial charge in [-0.2, -0.15) is 0 Å². The van der Waals surface area contributed by atoms with E-state index in [4.69, 9.17) is 16.3 Å². The summed E-state index contributed by atoms with van der Waals surface area (Å²) in [6.07, 6.45) is 0. The third-order valence-electron chi connectivity index (χ3n) is 2.65. The van der Waals surface area contributed by atoms with Crippen LogP contribution in [0.4, 0.5) is 0 Å². The van der Waals surface area contributed by atoms with Gasteiger partial charge in [0, 0.05) is 17.7 Å². The molecule has 1 rings (SSSR count). The first kappa shape index (κ1) is 17.0. The smallest absolute Gasteiger partial charge is 0.255 e. The van der Waals surface area contributed by atoms with E-state index in [0.717, 1.165) is 3.57 Å². The van der Waals surface area contributed by atoms with Crippen LogP contribution in [0.2, 0.25) is 5.02 Å². The van der Waals surface area contributed by atoms with Crippen LogP contribution in [0.5, 0.6) is 5.75 Å². The maximum absolute atomic E-state index is 12.2. The van der Waals surface area contributed by atoms with E-state index >= 15 is 0 Å². The van der Waals surface area contributed by atoms with Crippen molar-refractivity contribution in [2.24, 2.45) is 0 Å². The summed E-state index contributed by atoms with van der Waals surface area (Å²) in [4.78, 5) is 25.4. The average Bonchev–Trinajstić information content (AvgIpc) is 2.39. The predicted octanol–water partition coefficient (Wildman–Crippen LogP) is 2.16. The molecule has 0 spiro atoms. The van der Waals surface area contributed by atoms with Crippen molar-refractivity contribution < 1.29 is 14.3 Å². The van der Waals surface area contributed by atoms with Gasteiger partial charge in [-0.25, -0.2) is 0 Å². The lowest BCUT2D eigenvalue weighted by molar-refractivity contribution is -0.130.